The molecule has 2 aliphatic rings. The van der Waals surface area contributed by atoms with Crippen LogP contribution in [0.15, 0.2) is 24.3 Å². The predicted octanol–water partition coefficient (Wildman–Crippen LogP) is 3.69. The molecule has 0 saturated carbocycles. The molecule has 7 heteroatoms. The molecule has 1 atom stereocenters. The van der Waals surface area contributed by atoms with Crippen molar-refractivity contribution in [2.45, 2.75) is 45.3 Å². The Balaban J connectivity index is 1.83. The van der Waals surface area contributed by atoms with Crippen molar-refractivity contribution in [3.8, 4) is 0 Å². The highest BCUT2D eigenvalue weighted by Crippen LogP contribution is 2.38. The fourth-order valence-corrected chi connectivity index (χ4v) is 4.58. The number of rotatable bonds is 5. The Morgan fingerprint density at radius 3 is 2.43 bits per heavy atom. The molecule has 1 amide bonds. The quantitative estimate of drug-likeness (QED) is 0.823. The Morgan fingerprint density at radius 2 is 1.89 bits per heavy atom. The molecule has 1 aromatic carbocycles. The van der Waals surface area contributed by atoms with Gasteiger partial charge in [0.25, 0.3) is 0 Å². The maximum atomic E-state index is 13.4. The summed E-state index contributed by atoms with van der Waals surface area (Å²) in [6.07, 6.45) is -1.36. The fourth-order valence-electron chi connectivity index (χ4n) is 4.58. The molecule has 4 nitrogen and oxygen atoms in total. The molecule has 0 aliphatic carbocycles. The number of hydrogen-bond acceptors (Lipinski definition) is 3. The third-order valence-corrected chi connectivity index (χ3v) is 6.41. The summed E-state index contributed by atoms with van der Waals surface area (Å²) in [5.41, 5.74) is 0.00781. The Labute approximate surface area is 165 Å². The van der Waals surface area contributed by atoms with Crippen molar-refractivity contribution in [1.29, 1.82) is 0 Å². The molecule has 1 aromatic rings. The Morgan fingerprint density at radius 1 is 1.21 bits per heavy atom. The van der Waals surface area contributed by atoms with Crippen LogP contribution < -0.4 is 5.32 Å². The number of alkyl halides is 3. The maximum Gasteiger partial charge on any atom is 0.416 e. The molecular formula is C21H30F3N3O. The van der Waals surface area contributed by atoms with Crippen LogP contribution in [0.4, 0.5) is 13.2 Å². The summed E-state index contributed by atoms with van der Waals surface area (Å²) in [5.74, 6) is -0.0798. The average molecular weight is 397 g/mol. The average Bonchev–Trinajstić information content (AvgIpc) is 3.13. The summed E-state index contributed by atoms with van der Waals surface area (Å²) in [7, 11) is 0. The largest absolute Gasteiger partial charge is 0.416 e. The van der Waals surface area contributed by atoms with Gasteiger partial charge in [0, 0.05) is 19.6 Å². The van der Waals surface area contributed by atoms with Crippen LogP contribution in [0, 0.1) is 5.41 Å². The minimum atomic E-state index is -4.42. The lowest BCUT2D eigenvalue weighted by atomic mass is 9.77. The van der Waals surface area contributed by atoms with Gasteiger partial charge in [-0.15, -0.1) is 0 Å². The summed E-state index contributed by atoms with van der Waals surface area (Å²) in [5, 5.41) is 3.41. The van der Waals surface area contributed by atoms with Gasteiger partial charge in [0.15, 0.2) is 0 Å². The van der Waals surface area contributed by atoms with E-state index in [1.807, 2.05) is 23.6 Å². The molecule has 2 aliphatic heterocycles. The summed E-state index contributed by atoms with van der Waals surface area (Å²) in [6.45, 7) is 8.46. The maximum absolute atomic E-state index is 13.4. The van der Waals surface area contributed by atoms with Crippen LogP contribution >= 0.6 is 0 Å². The van der Waals surface area contributed by atoms with Crippen LogP contribution in [0.2, 0.25) is 0 Å². The lowest BCUT2D eigenvalue weighted by Gasteiger charge is -2.41. The zero-order chi connectivity index (χ0) is 20.4. The Kier molecular flexibility index (Phi) is 6.34. The molecular weight excluding hydrogens is 367 g/mol. The van der Waals surface area contributed by atoms with Crippen molar-refractivity contribution >= 4 is 5.91 Å². The zero-order valence-corrected chi connectivity index (χ0v) is 16.7. The molecule has 2 heterocycles. The van der Waals surface area contributed by atoms with E-state index in [0.29, 0.717) is 31.7 Å². The van der Waals surface area contributed by atoms with E-state index in [1.54, 1.807) is 6.07 Å². The normalized spacial score (nSPS) is 20.7. The lowest BCUT2D eigenvalue weighted by molar-refractivity contribution is -0.140. The number of likely N-dealkylation sites (N-methyl/N-ethyl adjacent to an activating group) is 1. The third kappa shape index (κ3) is 4.35. The monoisotopic (exact) mass is 397 g/mol. The van der Waals surface area contributed by atoms with Crippen LogP contribution in [-0.4, -0.2) is 55.0 Å². The predicted molar refractivity (Wildman–Crippen MR) is 103 cm³/mol. The van der Waals surface area contributed by atoms with Gasteiger partial charge in [-0.25, -0.2) is 0 Å². The number of likely N-dealkylation sites (tertiary alicyclic amines) is 1. The molecule has 0 radical (unpaired) electrons. The highest BCUT2D eigenvalue weighted by molar-refractivity contribution is 5.83. The van der Waals surface area contributed by atoms with Crippen molar-refractivity contribution in [2.75, 3.05) is 39.3 Å². The topological polar surface area (TPSA) is 35.6 Å². The second-order valence-corrected chi connectivity index (χ2v) is 8.00. The van der Waals surface area contributed by atoms with E-state index in [-0.39, 0.29) is 11.3 Å². The Hall–Kier alpha value is -1.60. The first-order chi connectivity index (χ1) is 13.3. The number of piperidine rings is 1. The number of nitrogens with one attached hydrogen (secondary N) is 1. The standard InChI is InChI=1S/C21H30F3N3O/c1-3-26(4-2)18(16-6-5-7-17(14-16)21(22,23)24)19(28)27-12-9-20(10-13-27)8-11-25-15-20/h5-7,14,18,25H,3-4,8-13,15H2,1-2H3. The molecule has 2 fully saturated rings. The minimum absolute atomic E-state index is 0.0798. The Bertz CT molecular complexity index is 672. The third-order valence-electron chi connectivity index (χ3n) is 6.41. The lowest BCUT2D eigenvalue weighted by Crippen LogP contribution is -2.48. The molecule has 2 saturated heterocycles. The molecule has 156 valence electrons. The second-order valence-electron chi connectivity index (χ2n) is 8.00. The second kappa shape index (κ2) is 8.41. The summed E-state index contributed by atoms with van der Waals surface area (Å²) in [6, 6.07) is 4.56. The van der Waals surface area contributed by atoms with E-state index in [2.05, 4.69) is 5.32 Å². The minimum Gasteiger partial charge on any atom is -0.341 e. The highest BCUT2D eigenvalue weighted by Gasteiger charge is 2.40. The number of carbonyl (C=O) groups is 1. The number of carbonyl (C=O) groups excluding carboxylic acids is 1. The van der Waals surface area contributed by atoms with Gasteiger partial charge in [0.1, 0.15) is 6.04 Å². The molecule has 28 heavy (non-hydrogen) atoms. The first-order valence-electron chi connectivity index (χ1n) is 10.2. The number of benzene rings is 1. The van der Waals surface area contributed by atoms with Crippen LogP contribution in [0.5, 0.6) is 0 Å². The van der Waals surface area contributed by atoms with Gasteiger partial charge < -0.3 is 10.2 Å². The smallest absolute Gasteiger partial charge is 0.341 e. The van der Waals surface area contributed by atoms with Crippen molar-refractivity contribution < 1.29 is 18.0 Å². The van der Waals surface area contributed by atoms with Crippen LogP contribution in [0.25, 0.3) is 0 Å². The van der Waals surface area contributed by atoms with Gasteiger partial charge >= 0.3 is 6.18 Å². The van der Waals surface area contributed by atoms with E-state index in [4.69, 9.17) is 0 Å². The number of nitrogens with zero attached hydrogens (tertiary/aromatic N) is 2. The van der Waals surface area contributed by atoms with Crippen LogP contribution in [-0.2, 0) is 11.0 Å². The summed E-state index contributed by atoms with van der Waals surface area (Å²) < 4.78 is 39.6. The van der Waals surface area contributed by atoms with E-state index in [1.165, 1.54) is 6.07 Å². The summed E-state index contributed by atoms with van der Waals surface area (Å²) >= 11 is 0. The van der Waals surface area contributed by atoms with Crippen LogP contribution in [0.3, 0.4) is 0 Å². The molecule has 1 N–H and O–H groups in total. The highest BCUT2D eigenvalue weighted by atomic mass is 19.4. The van der Waals surface area contributed by atoms with Crippen molar-refractivity contribution in [2.24, 2.45) is 5.41 Å². The molecule has 1 spiro atoms. The first-order valence-corrected chi connectivity index (χ1v) is 10.2. The SMILES string of the molecule is CCN(CC)C(C(=O)N1CCC2(CCNC2)CC1)c1cccc(C(F)(F)F)c1. The van der Waals surface area contributed by atoms with Crippen LogP contribution in [0.1, 0.15) is 50.3 Å². The summed E-state index contributed by atoms with van der Waals surface area (Å²) in [4.78, 5) is 17.2. The van der Waals surface area contributed by atoms with E-state index in [0.717, 1.165) is 44.5 Å². The van der Waals surface area contributed by atoms with Gasteiger partial charge in [-0.1, -0.05) is 26.0 Å². The van der Waals surface area contributed by atoms with Crippen molar-refractivity contribution in [1.82, 2.24) is 15.1 Å². The van der Waals surface area contributed by atoms with Crippen molar-refractivity contribution in [3.05, 3.63) is 35.4 Å². The van der Waals surface area contributed by atoms with E-state index < -0.39 is 17.8 Å². The molecule has 0 aromatic heterocycles. The molecule has 0 bridgehead atoms. The molecule has 3 rings (SSSR count). The van der Waals surface area contributed by atoms with E-state index in [9.17, 15) is 18.0 Å². The zero-order valence-electron chi connectivity index (χ0n) is 16.7. The van der Waals surface area contributed by atoms with Gasteiger partial charge in [-0.3, -0.25) is 9.69 Å². The van der Waals surface area contributed by atoms with Gasteiger partial charge in [0.05, 0.1) is 5.56 Å². The van der Waals surface area contributed by atoms with Crippen molar-refractivity contribution in [3.63, 3.8) is 0 Å². The van der Waals surface area contributed by atoms with Gasteiger partial charge in [-0.05, 0) is 62.0 Å². The number of halogens is 3. The number of amides is 1. The van der Waals surface area contributed by atoms with Gasteiger partial charge in [0.2, 0.25) is 5.91 Å². The van der Waals surface area contributed by atoms with E-state index >= 15 is 0 Å². The fraction of sp³-hybridized carbons (Fsp3) is 0.667. The van der Waals surface area contributed by atoms with Gasteiger partial charge in [-0.2, -0.15) is 13.2 Å². The number of hydrogen-bond donors (Lipinski definition) is 1. The molecule has 1 unspecified atom stereocenters. The first kappa shape index (κ1) is 21.1.